The Kier molecular flexibility index (Phi) is 2.95. The fourth-order valence-corrected chi connectivity index (χ4v) is 5.66. The van der Waals surface area contributed by atoms with Gasteiger partial charge in [-0.25, -0.2) is 0 Å². The second-order valence-corrected chi connectivity index (χ2v) is 8.15. The van der Waals surface area contributed by atoms with Crippen LogP contribution in [0.2, 0.25) is 0 Å². The van der Waals surface area contributed by atoms with E-state index in [0.717, 1.165) is 11.4 Å². The Morgan fingerprint density at radius 2 is 0.885 bits per heavy atom. The van der Waals surface area contributed by atoms with E-state index < -0.39 is 0 Å². The van der Waals surface area contributed by atoms with Crippen molar-refractivity contribution in [2.24, 2.45) is 10.2 Å². The largest absolute Gasteiger partial charge is 0.149 e. The van der Waals surface area contributed by atoms with Gasteiger partial charge in [0.05, 0.1) is 0 Å². The minimum atomic E-state index is 0.977. The first-order valence-electron chi connectivity index (χ1n) is 8.43. The van der Waals surface area contributed by atoms with Gasteiger partial charge in [-0.15, -0.1) is 32.9 Å². The minimum absolute atomic E-state index is 0.977. The molecule has 2 heterocycles. The molecule has 2 nitrogen and oxygen atoms in total. The Labute approximate surface area is 158 Å². The van der Waals surface area contributed by atoms with E-state index in [1.807, 2.05) is 0 Å². The summed E-state index contributed by atoms with van der Waals surface area (Å²) in [5.41, 5.74) is 9.22. The van der Waals surface area contributed by atoms with Gasteiger partial charge in [-0.2, -0.15) is 0 Å². The topological polar surface area (TPSA) is 24.7 Å². The maximum atomic E-state index is 4.75. The number of hydrogen-bond donors (Lipinski definition) is 0. The SMILES string of the molecule is c1ccc2c(c1)/C(=N/N=C1/c3ccccc3-c3sccc31)c1ccsc1-2. The molecule has 0 amide bonds. The Hall–Kier alpha value is -2.82. The minimum Gasteiger partial charge on any atom is -0.149 e. The van der Waals surface area contributed by atoms with Gasteiger partial charge in [-0.05, 0) is 22.9 Å². The van der Waals surface area contributed by atoms with Crippen molar-refractivity contribution in [1.82, 2.24) is 0 Å². The molecule has 0 radical (unpaired) electrons. The van der Waals surface area contributed by atoms with Crippen molar-refractivity contribution in [2.45, 2.75) is 0 Å². The van der Waals surface area contributed by atoms with E-state index in [1.165, 1.54) is 43.1 Å². The van der Waals surface area contributed by atoms with Gasteiger partial charge in [-0.3, -0.25) is 0 Å². The third kappa shape index (κ3) is 1.86. The summed E-state index contributed by atoms with van der Waals surface area (Å²) >= 11 is 3.53. The molecule has 0 bridgehead atoms. The van der Waals surface area contributed by atoms with Crippen LogP contribution in [0, 0.1) is 0 Å². The zero-order valence-corrected chi connectivity index (χ0v) is 15.3. The van der Waals surface area contributed by atoms with Crippen molar-refractivity contribution >= 4 is 34.1 Å². The van der Waals surface area contributed by atoms with Crippen LogP contribution in [-0.2, 0) is 0 Å². The number of fused-ring (bicyclic) bond motifs is 6. The molecule has 4 aromatic rings. The van der Waals surface area contributed by atoms with Gasteiger partial charge in [0, 0.05) is 43.1 Å². The molecule has 2 aromatic carbocycles. The highest BCUT2D eigenvalue weighted by molar-refractivity contribution is 7.14. The van der Waals surface area contributed by atoms with Crippen LogP contribution < -0.4 is 0 Å². The molecule has 2 aliphatic rings. The molecule has 0 spiro atoms. The van der Waals surface area contributed by atoms with Crippen LogP contribution in [0.15, 0.2) is 81.6 Å². The zero-order valence-electron chi connectivity index (χ0n) is 13.6. The van der Waals surface area contributed by atoms with Crippen LogP contribution in [-0.4, -0.2) is 11.4 Å². The molecular weight excluding hydrogens is 356 g/mol. The van der Waals surface area contributed by atoms with Gasteiger partial charge in [0.2, 0.25) is 0 Å². The first kappa shape index (κ1) is 14.4. The van der Waals surface area contributed by atoms with E-state index in [0.29, 0.717) is 0 Å². The Bertz CT molecular complexity index is 1140. The summed E-state index contributed by atoms with van der Waals surface area (Å²) in [4.78, 5) is 2.59. The quantitative estimate of drug-likeness (QED) is 0.315. The average Bonchev–Trinajstić information content (AvgIpc) is 3.43. The van der Waals surface area contributed by atoms with Gasteiger partial charge in [0.15, 0.2) is 0 Å². The van der Waals surface area contributed by atoms with Crippen molar-refractivity contribution in [2.75, 3.05) is 0 Å². The second-order valence-electron chi connectivity index (χ2n) is 6.32. The standard InChI is InChI=1S/C22H12N2S2/c1-3-7-15-13(5-1)19(17-9-11-25-21(15)17)23-24-20-14-6-2-4-8-16(14)22-18(20)10-12-26-22/h1-12H/b23-19-,24-20-. The highest BCUT2D eigenvalue weighted by Crippen LogP contribution is 2.42. The second kappa shape index (κ2) is 5.34. The summed E-state index contributed by atoms with van der Waals surface area (Å²) in [7, 11) is 0. The summed E-state index contributed by atoms with van der Waals surface area (Å²) in [6, 6.07) is 21.2. The Balaban J connectivity index is 1.57. The first-order chi connectivity index (χ1) is 12.9. The van der Waals surface area contributed by atoms with Crippen molar-refractivity contribution in [3.63, 3.8) is 0 Å². The van der Waals surface area contributed by atoms with E-state index in [4.69, 9.17) is 10.2 Å². The van der Waals surface area contributed by atoms with E-state index >= 15 is 0 Å². The predicted octanol–water partition coefficient (Wildman–Crippen LogP) is 6.06. The zero-order chi connectivity index (χ0) is 17.1. The molecule has 26 heavy (non-hydrogen) atoms. The molecular formula is C22H12N2S2. The van der Waals surface area contributed by atoms with Crippen molar-refractivity contribution < 1.29 is 0 Å². The molecule has 2 aromatic heterocycles. The third-order valence-corrected chi connectivity index (χ3v) is 6.84. The van der Waals surface area contributed by atoms with Crippen molar-refractivity contribution in [3.05, 3.63) is 93.7 Å². The predicted molar refractivity (Wildman–Crippen MR) is 111 cm³/mol. The fourth-order valence-electron chi connectivity index (χ4n) is 3.79. The lowest BCUT2D eigenvalue weighted by Gasteiger charge is -2.01. The molecule has 0 unspecified atom stereocenters. The first-order valence-corrected chi connectivity index (χ1v) is 10.2. The van der Waals surface area contributed by atoms with Gasteiger partial charge >= 0.3 is 0 Å². The monoisotopic (exact) mass is 368 g/mol. The van der Waals surface area contributed by atoms with Crippen LogP contribution in [0.25, 0.3) is 20.9 Å². The Morgan fingerprint density at radius 1 is 0.462 bits per heavy atom. The molecule has 0 saturated heterocycles. The van der Waals surface area contributed by atoms with E-state index in [-0.39, 0.29) is 0 Å². The maximum absolute atomic E-state index is 4.75. The fraction of sp³-hybridized carbons (Fsp3) is 0. The lowest BCUT2D eigenvalue weighted by atomic mass is 10.1. The summed E-state index contributed by atoms with van der Waals surface area (Å²) < 4.78 is 0. The highest BCUT2D eigenvalue weighted by Gasteiger charge is 2.28. The van der Waals surface area contributed by atoms with Crippen LogP contribution in [0.3, 0.4) is 0 Å². The van der Waals surface area contributed by atoms with Gasteiger partial charge in [0.1, 0.15) is 11.4 Å². The van der Waals surface area contributed by atoms with E-state index in [2.05, 4.69) is 71.4 Å². The number of hydrogen-bond acceptors (Lipinski definition) is 4. The summed E-state index contributed by atoms with van der Waals surface area (Å²) in [6.07, 6.45) is 0. The van der Waals surface area contributed by atoms with Crippen molar-refractivity contribution in [3.8, 4) is 20.9 Å². The maximum Gasteiger partial charge on any atom is 0.102 e. The molecule has 0 N–H and O–H groups in total. The molecule has 0 atom stereocenters. The van der Waals surface area contributed by atoms with Gasteiger partial charge in [-0.1, -0.05) is 48.5 Å². The normalized spacial score (nSPS) is 16.6. The number of benzene rings is 2. The third-order valence-electron chi connectivity index (χ3n) is 4.94. The van der Waals surface area contributed by atoms with Crippen LogP contribution in [0.1, 0.15) is 22.3 Å². The van der Waals surface area contributed by atoms with Gasteiger partial charge < -0.3 is 0 Å². The molecule has 0 fully saturated rings. The molecule has 6 rings (SSSR count). The summed E-state index contributed by atoms with van der Waals surface area (Å²) in [6.45, 7) is 0. The molecule has 0 saturated carbocycles. The average molecular weight is 368 g/mol. The molecule has 0 aliphatic heterocycles. The molecule has 2 aliphatic carbocycles. The lowest BCUT2D eigenvalue weighted by Crippen LogP contribution is -2.00. The number of rotatable bonds is 1. The molecule has 122 valence electrons. The van der Waals surface area contributed by atoms with Crippen molar-refractivity contribution in [1.29, 1.82) is 0 Å². The van der Waals surface area contributed by atoms with Gasteiger partial charge in [0.25, 0.3) is 0 Å². The van der Waals surface area contributed by atoms with Crippen LogP contribution in [0.5, 0.6) is 0 Å². The Morgan fingerprint density at radius 3 is 1.35 bits per heavy atom. The number of thiophene rings is 2. The highest BCUT2D eigenvalue weighted by atomic mass is 32.1. The van der Waals surface area contributed by atoms with Crippen LogP contribution in [0.4, 0.5) is 0 Å². The summed E-state index contributed by atoms with van der Waals surface area (Å²) in [5, 5.41) is 13.8. The lowest BCUT2D eigenvalue weighted by molar-refractivity contribution is 1.24. The van der Waals surface area contributed by atoms with E-state index in [9.17, 15) is 0 Å². The van der Waals surface area contributed by atoms with Crippen LogP contribution >= 0.6 is 22.7 Å². The number of nitrogens with zero attached hydrogens (tertiary/aromatic N) is 2. The smallest absolute Gasteiger partial charge is 0.102 e. The van der Waals surface area contributed by atoms with E-state index in [1.54, 1.807) is 22.7 Å². The molecule has 4 heteroatoms. The summed E-state index contributed by atoms with van der Waals surface area (Å²) in [5.74, 6) is 0.